The molecule has 112 valence electrons. The number of hydrogen-bond acceptors (Lipinski definition) is 8. The number of nitrogens with one attached hydrogen (secondary N) is 2. The Morgan fingerprint density at radius 2 is 1.90 bits per heavy atom. The summed E-state index contributed by atoms with van der Waals surface area (Å²) in [6.07, 6.45) is 4.36. The fourth-order valence-electron chi connectivity index (χ4n) is 2.48. The zero-order valence-corrected chi connectivity index (χ0v) is 12.0. The van der Waals surface area contributed by atoms with Crippen molar-refractivity contribution in [2.24, 2.45) is 11.8 Å². The lowest BCUT2D eigenvalue weighted by Gasteiger charge is -2.31. The third-order valence-electron chi connectivity index (χ3n) is 3.61. The zero-order valence-electron chi connectivity index (χ0n) is 12.0. The van der Waals surface area contributed by atoms with Crippen molar-refractivity contribution < 1.29 is 5.11 Å². The van der Waals surface area contributed by atoms with Crippen LogP contribution in [0.5, 0.6) is 0 Å². The third kappa shape index (κ3) is 3.45. The molecule has 1 aliphatic carbocycles. The SMILES string of the molecule is CN(C)c1nc(NN)nc(NC2CCCCC2CO)n1. The van der Waals surface area contributed by atoms with Gasteiger partial charge in [-0.25, -0.2) is 5.84 Å². The molecule has 8 heteroatoms. The summed E-state index contributed by atoms with van der Waals surface area (Å²) in [4.78, 5) is 14.5. The van der Waals surface area contributed by atoms with Crippen LogP contribution in [-0.2, 0) is 0 Å². The average molecular weight is 281 g/mol. The monoisotopic (exact) mass is 281 g/mol. The molecule has 0 aromatic carbocycles. The summed E-state index contributed by atoms with van der Waals surface area (Å²) >= 11 is 0. The lowest BCUT2D eigenvalue weighted by Crippen LogP contribution is -2.35. The Kier molecular flexibility index (Phi) is 4.91. The van der Waals surface area contributed by atoms with Gasteiger partial charge in [0.2, 0.25) is 17.8 Å². The first-order valence-electron chi connectivity index (χ1n) is 6.91. The first-order chi connectivity index (χ1) is 9.63. The van der Waals surface area contributed by atoms with Crippen LogP contribution in [0.15, 0.2) is 0 Å². The lowest BCUT2D eigenvalue weighted by atomic mass is 9.85. The number of hydrazine groups is 1. The molecule has 8 nitrogen and oxygen atoms in total. The number of nitrogens with zero attached hydrogens (tertiary/aromatic N) is 4. The van der Waals surface area contributed by atoms with Crippen molar-refractivity contribution >= 4 is 17.8 Å². The molecule has 20 heavy (non-hydrogen) atoms. The first-order valence-corrected chi connectivity index (χ1v) is 6.91. The lowest BCUT2D eigenvalue weighted by molar-refractivity contribution is 0.178. The van der Waals surface area contributed by atoms with E-state index in [-0.39, 0.29) is 18.6 Å². The van der Waals surface area contributed by atoms with Crippen LogP contribution in [0.4, 0.5) is 17.8 Å². The number of hydrogen-bond donors (Lipinski definition) is 4. The molecular weight excluding hydrogens is 258 g/mol. The van der Waals surface area contributed by atoms with Gasteiger partial charge in [-0.15, -0.1) is 0 Å². The molecule has 1 heterocycles. The van der Waals surface area contributed by atoms with E-state index in [1.165, 1.54) is 6.42 Å². The molecule has 0 saturated heterocycles. The van der Waals surface area contributed by atoms with Crippen molar-refractivity contribution in [2.45, 2.75) is 31.7 Å². The molecule has 0 radical (unpaired) electrons. The van der Waals surface area contributed by atoms with Crippen LogP contribution >= 0.6 is 0 Å². The largest absolute Gasteiger partial charge is 0.396 e. The number of anilines is 3. The van der Waals surface area contributed by atoms with Gasteiger partial charge in [0.05, 0.1) is 0 Å². The van der Waals surface area contributed by atoms with E-state index in [2.05, 4.69) is 25.7 Å². The van der Waals surface area contributed by atoms with Crippen LogP contribution in [0, 0.1) is 5.92 Å². The summed E-state index contributed by atoms with van der Waals surface area (Å²) in [5, 5.41) is 12.8. The van der Waals surface area contributed by atoms with Crippen LogP contribution in [0.25, 0.3) is 0 Å². The number of rotatable bonds is 5. The topological polar surface area (TPSA) is 112 Å². The Hall–Kier alpha value is -1.67. The van der Waals surface area contributed by atoms with Crippen molar-refractivity contribution in [1.82, 2.24) is 15.0 Å². The Balaban J connectivity index is 2.16. The summed E-state index contributed by atoms with van der Waals surface area (Å²) in [6, 6.07) is 0.191. The van der Waals surface area contributed by atoms with Crippen LogP contribution in [0.2, 0.25) is 0 Å². The van der Waals surface area contributed by atoms with E-state index in [1.54, 1.807) is 4.90 Å². The molecule has 1 aromatic heterocycles. The Labute approximate surface area is 118 Å². The second kappa shape index (κ2) is 6.67. The van der Waals surface area contributed by atoms with Gasteiger partial charge in [0.25, 0.3) is 0 Å². The van der Waals surface area contributed by atoms with E-state index in [1.807, 2.05) is 14.1 Å². The van der Waals surface area contributed by atoms with Gasteiger partial charge < -0.3 is 15.3 Å². The Bertz CT molecular complexity index is 440. The summed E-state index contributed by atoms with van der Waals surface area (Å²) in [6.45, 7) is 0.186. The molecule has 0 bridgehead atoms. The van der Waals surface area contributed by atoms with Gasteiger partial charge in [-0.1, -0.05) is 12.8 Å². The van der Waals surface area contributed by atoms with Crippen molar-refractivity contribution in [3.63, 3.8) is 0 Å². The molecule has 2 unspecified atom stereocenters. The number of nitrogen functional groups attached to an aromatic ring is 1. The van der Waals surface area contributed by atoms with Crippen molar-refractivity contribution in [2.75, 3.05) is 36.3 Å². The fourth-order valence-corrected chi connectivity index (χ4v) is 2.48. The van der Waals surface area contributed by atoms with Crippen LogP contribution < -0.4 is 21.5 Å². The second-order valence-corrected chi connectivity index (χ2v) is 5.30. The van der Waals surface area contributed by atoms with Crippen LogP contribution in [0.1, 0.15) is 25.7 Å². The predicted octanol–water partition coefficient (Wildman–Crippen LogP) is 0.186. The van der Waals surface area contributed by atoms with Gasteiger partial charge in [0.15, 0.2) is 0 Å². The predicted molar refractivity (Wildman–Crippen MR) is 78.4 cm³/mol. The summed E-state index contributed by atoms with van der Waals surface area (Å²) in [7, 11) is 3.72. The molecule has 1 saturated carbocycles. The van der Waals surface area contributed by atoms with Gasteiger partial charge in [0, 0.05) is 32.7 Å². The molecule has 1 aromatic rings. The highest BCUT2D eigenvalue weighted by Crippen LogP contribution is 2.26. The number of aliphatic hydroxyl groups is 1. The highest BCUT2D eigenvalue weighted by atomic mass is 16.3. The van der Waals surface area contributed by atoms with Gasteiger partial charge in [-0.3, -0.25) is 5.43 Å². The minimum absolute atomic E-state index is 0.186. The minimum atomic E-state index is 0.186. The van der Waals surface area contributed by atoms with Gasteiger partial charge in [0.1, 0.15) is 0 Å². The standard InChI is InChI=1S/C12H23N7O/c1-19(2)12-16-10(15-11(17-12)18-13)14-9-6-4-3-5-8(9)7-20/h8-9,20H,3-7,13H2,1-2H3,(H2,14,15,16,17,18). The van der Waals surface area contributed by atoms with E-state index < -0.39 is 0 Å². The third-order valence-corrected chi connectivity index (χ3v) is 3.61. The molecule has 0 amide bonds. The van der Waals surface area contributed by atoms with Gasteiger partial charge >= 0.3 is 0 Å². The van der Waals surface area contributed by atoms with E-state index in [0.29, 0.717) is 17.8 Å². The summed E-state index contributed by atoms with van der Waals surface area (Å²) in [5.41, 5.74) is 2.45. The van der Waals surface area contributed by atoms with Crippen molar-refractivity contribution in [1.29, 1.82) is 0 Å². The highest BCUT2D eigenvalue weighted by Gasteiger charge is 2.25. The maximum absolute atomic E-state index is 9.45. The fraction of sp³-hybridized carbons (Fsp3) is 0.750. The van der Waals surface area contributed by atoms with E-state index in [9.17, 15) is 5.11 Å². The van der Waals surface area contributed by atoms with Crippen LogP contribution in [0.3, 0.4) is 0 Å². The maximum Gasteiger partial charge on any atom is 0.243 e. The quantitative estimate of drug-likeness (QED) is 0.447. The smallest absolute Gasteiger partial charge is 0.243 e. The van der Waals surface area contributed by atoms with E-state index in [4.69, 9.17) is 5.84 Å². The van der Waals surface area contributed by atoms with Crippen LogP contribution in [-0.4, -0.2) is 46.8 Å². The van der Waals surface area contributed by atoms with Crippen molar-refractivity contribution in [3.05, 3.63) is 0 Å². The molecule has 1 fully saturated rings. The average Bonchev–Trinajstić information content (AvgIpc) is 2.47. The van der Waals surface area contributed by atoms with E-state index >= 15 is 0 Å². The summed E-state index contributed by atoms with van der Waals surface area (Å²) in [5.74, 6) is 6.98. The molecule has 2 atom stereocenters. The molecule has 0 aliphatic heterocycles. The Morgan fingerprint density at radius 3 is 2.55 bits per heavy atom. The zero-order chi connectivity index (χ0) is 14.5. The van der Waals surface area contributed by atoms with Gasteiger partial charge in [-0.2, -0.15) is 15.0 Å². The molecular formula is C12H23N7O. The minimum Gasteiger partial charge on any atom is -0.396 e. The highest BCUT2D eigenvalue weighted by molar-refractivity contribution is 5.42. The number of aromatic nitrogens is 3. The van der Waals surface area contributed by atoms with Gasteiger partial charge in [-0.05, 0) is 12.8 Å². The normalized spacial score (nSPS) is 22.4. The second-order valence-electron chi connectivity index (χ2n) is 5.30. The number of aliphatic hydroxyl groups excluding tert-OH is 1. The molecule has 0 spiro atoms. The maximum atomic E-state index is 9.45. The summed E-state index contributed by atoms with van der Waals surface area (Å²) < 4.78 is 0. The Morgan fingerprint density at radius 1 is 1.20 bits per heavy atom. The molecule has 2 rings (SSSR count). The molecule has 1 aliphatic rings. The van der Waals surface area contributed by atoms with E-state index in [0.717, 1.165) is 19.3 Å². The first kappa shape index (κ1) is 14.7. The number of nitrogens with two attached hydrogens (primary N) is 1. The van der Waals surface area contributed by atoms with Crippen molar-refractivity contribution in [3.8, 4) is 0 Å². The molecule has 5 N–H and O–H groups in total.